The Balaban J connectivity index is 1.95. The largest absolute Gasteiger partial charge is 0.390 e. The SMILES string of the molecule is C[C@H]1CC[C@](C)(O)[C@@H]1CSc1ccccc1. The standard InChI is InChI=1S/C14H20OS/c1-11-8-9-14(2,15)13(11)10-16-12-6-4-3-5-7-12/h3-7,11,13,15H,8-10H2,1-2H3/t11-,13+,14-/m0/s1. The molecule has 1 aliphatic rings. The van der Waals surface area contributed by atoms with Gasteiger partial charge in [-0.2, -0.15) is 0 Å². The maximum Gasteiger partial charge on any atom is 0.0658 e. The molecular formula is C14H20OS. The Morgan fingerprint density at radius 3 is 2.62 bits per heavy atom. The Morgan fingerprint density at radius 2 is 2.06 bits per heavy atom. The van der Waals surface area contributed by atoms with E-state index in [9.17, 15) is 5.11 Å². The van der Waals surface area contributed by atoms with Crippen LogP contribution in [-0.2, 0) is 0 Å². The van der Waals surface area contributed by atoms with Crippen molar-refractivity contribution in [2.45, 2.75) is 37.2 Å². The van der Waals surface area contributed by atoms with Gasteiger partial charge in [0.1, 0.15) is 0 Å². The van der Waals surface area contributed by atoms with Crippen molar-refractivity contribution in [1.29, 1.82) is 0 Å². The highest BCUT2D eigenvalue weighted by molar-refractivity contribution is 7.99. The Bertz CT molecular complexity index is 334. The molecule has 0 unspecified atom stereocenters. The van der Waals surface area contributed by atoms with E-state index in [1.54, 1.807) is 0 Å². The number of aliphatic hydroxyl groups is 1. The van der Waals surface area contributed by atoms with Gasteiger partial charge in [0.15, 0.2) is 0 Å². The topological polar surface area (TPSA) is 20.2 Å². The van der Waals surface area contributed by atoms with Gasteiger partial charge in [-0.3, -0.25) is 0 Å². The van der Waals surface area contributed by atoms with Crippen LogP contribution in [0.5, 0.6) is 0 Å². The van der Waals surface area contributed by atoms with Crippen molar-refractivity contribution in [1.82, 2.24) is 0 Å². The number of rotatable bonds is 3. The lowest BCUT2D eigenvalue weighted by molar-refractivity contribution is 0.0223. The summed E-state index contributed by atoms with van der Waals surface area (Å²) in [5, 5.41) is 10.3. The average molecular weight is 236 g/mol. The predicted molar refractivity (Wildman–Crippen MR) is 69.7 cm³/mol. The summed E-state index contributed by atoms with van der Waals surface area (Å²) < 4.78 is 0. The van der Waals surface area contributed by atoms with Crippen molar-refractivity contribution < 1.29 is 5.11 Å². The number of thioether (sulfide) groups is 1. The monoisotopic (exact) mass is 236 g/mol. The van der Waals surface area contributed by atoms with Crippen LogP contribution in [0.1, 0.15) is 26.7 Å². The summed E-state index contributed by atoms with van der Waals surface area (Å²) in [6, 6.07) is 10.5. The summed E-state index contributed by atoms with van der Waals surface area (Å²) in [6.45, 7) is 4.25. The van der Waals surface area contributed by atoms with Crippen LogP contribution in [0.2, 0.25) is 0 Å². The van der Waals surface area contributed by atoms with E-state index in [0.29, 0.717) is 11.8 Å². The molecule has 0 bridgehead atoms. The van der Waals surface area contributed by atoms with Crippen molar-refractivity contribution >= 4 is 11.8 Å². The highest BCUT2D eigenvalue weighted by atomic mass is 32.2. The summed E-state index contributed by atoms with van der Waals surface area (Å²) >= 11 is 1.86. The summed E-state index contributed by atoms with van der Waals surface area (Å²) in [4.78, 5) is 1.30. The first-order valence-electron chi connectivity index (χ1n) is 6.00. The second-order valence-corrected chi connectivity index (χ2v) is 6.20. The third kappa shape index (κ3) is 2.61. The lowest BCUT2D eigenvalue weighted by Gasteiger charge is -2.27. The molecule has 1 aliphatic carbocycles. The van der Waals surface area contributed by atoms with Gasteiger partial charge in [0.2, 0.25) is 0 Å². The van der Waals surface area contributed by atoms with Gasteiger partial charge >= 0.3 is 0 Å². The van der Waals surface area contributed by atoms with Crippen LogP contribution in [0.3, 0.4) is 0 Å². The first-order chi connectivity index (χ1) is 7.59. The first-order valence-corrected chi connectivity index (χ1v) is 6.98. The third-order valence-electron chi connectivity index (χ3n) is 3.76. The van der Waals surface area contributed by atoms with Gasteiger partial charge in [0, 0.05) is 10.6 Å². The van der Waals surface area contributed by atoms with E-state index in [4.69, 9.17) is 0 Å². The molecule has 2 heteroatoms. The lowest BCUT2D eigenvalue weighted by atomic mass is 9.90. The van der Waals surface area contributed by atoms with Gasteiger partial charge in [0.25, 0.3) is 0 Å². The Kier molecular flexibility index (Phi) is 3.60. The molecule has 16 heavy (non-hydrogen) atoms. The van der Waals surface area contributed by atoms with Crippen LogP contribution in [0, 0.1) is 11.8 Å². The van der Waals surface area contributed by atoms with E-state index < -0.39 is 5.60 Å². The van der Waals surface area contributed by atoms with Gasteiger partial charge < -0.3 is 5.11 Å². The zero-order chi connectivity index (χ0) is 11.6. The fourth-order valence-corrected chi connectivity index (χ4v) is 3.98. The van der Waals surface area contributed by atoms with Crippen LogP contribution in [0.4, 0.5) is 0 Å². The van der Waals surface area contributed by atoms with Crippen LogP contribution in [0.25, 0.3) is 0 Å². The lowest BCUT2D eigenvalue weighted by Crippen LogP contribution is -2.32. The molecule has 2 rings (SSSR count). The number of hydrogen-bond acceptors (Lipinski definition) is 2. The predicted octanol–water partition coefficient (Wildman–Crippen LogP) is 3.58. The van der Waals surface area contributed by atoms with Crippen molar-refractivity contribution in [2.75, 3.05) is 5.75 Å². The molecule has 0 heterocycles. The first kappa shape index (κ1) is 12.0. The van der Waals surface area contributed by atoms with Crippen molar-refractivity contribution in [2.24, 2.45) is 11.8 Å². The summed E-state index contributed by atoms with van der Waals surface area (Å²) in [5.41, 5.74) is -0.457. The Labute approximate surface area is 102 Å². The van der Waals surface area contributed by atoms with E-state index >= 15 is 0 Å². The summed E-state index contributed by atoms with van der Waals surface area (Å²) in [6.07, 6.45) is 2.11. The molecule has 1 N–H and O–H groups in total. The zero-order valence-corrected chi connectivity index (χ0v) is 10.8. The van der Waals surface area contributed by atoms with Crippen LogP contribution >= 0.6 is 11.8 Å². The van der Waals surface area contributed by atoms with Crippen LogP contribution in [-0.4, -0.2) is 16.5 Å². The highest BCUT2D eigenvalue weighted by Crippen LogP contribution is 2.42. The van der Waals surface area contributed by atoms with E-state index in [1.165, 1.54) is 4.90 Å². The van der Waals surface area contributed by atoms with Crippen molar-refractivity contribution in [3.8, 4) is 0 Å². The normalized spacial score (nSPS) is 34.2. The number of hydrogen-bond donors (Lipinski definition) is 1. The van der Waals surface area contributed by atoms with Crippen molar-refractivity contribution in [3.05, 3.63) is 30.3 Å². The van der Waals surface area contributed by atoms with Crippen LogP contribution < -0.4 is 0 Å². The maximum absolute atomic E-state index is 10.3. The van der Waals surface area contributed by atoms with E-state index in [0.717, 1.165) is 18.6 Å². The van der Waals surface area contributed by atoms with Gasteiger partial charge in [-0.15, -0.1) is 11.8 Å². The highest BCUT2D eigenvalue weighted by Gasteiger charge is 2.41. The average Bonchev–Trinajstić information content (AvgIpc) is 2.52. The molecule has 0 radical (unpaired) electrons. The molecule has 3 atom stereocenters. The van der Waals surface area contributed by atoms with Crippen molar-refractivity contribution in [3.63, 3.8) is 0 Å². The molecule has 1 aromatic rings. The van der Waals surface area contributed by atoms with Gasteiger partial charge in [0.05, 0.1) is 5.60 Å². The molecule has 0 amide bonds. The second kappa shape index (κ2) is 4.80. The third-order valence-corrected chi connectivity index (χ3v) is 4.90. The van der Waals surface area contributed by atoms with Gasteiger partial charge in [-0.25, -0.2) is 0 Å². The molecular weight excluding hydrogens is 216 g/mol. The quantitative estimate of drug-likeness (QED) is 0.810. The minimum Gasteiger partial charge on any atom is -0.390 e. The molecule has 0 spiro atoms. The zero-order valence-electron chi connectivity index (χ0n) is 10.0. The Morgan fingerprint density at radius 1 is 1.38 bits per heavy atom. The maximum atomic E-state index is 10.3. The molecule has 0 aromatic heterocycles. The number of benzene rings is 1. The van der Waals surface area contributed by atoms with Gasteiger partial charge in [-0.1, -0.05) is 25.1 Å². The molecule has 1 nitrogen and oxygen atoms in total. The molecule has 1 aromatic carbocycles. The molecule has 0 saturated heterocycles. The second-order valence-electron chi connectivity index (χ2n) is 5.10. The minimum atomic E-state index is -0.457. The van der Waals surface area contributed by atoms with E-state index in [-0.39, 0.29) is 0 Å². The molecule has 0 aliphatic heterocycles. The van der Waals surface area contributed by atoms with E-state index in [2.05, 4.69) is 31.2 Å². The van der Waals surface area contributed by atoms with E-state index in [1.807, 2.05) is 24.8 Å². The molecule has 88 valence electrons. The summed E-state index contributed by atoms with van der Waals surface area (Å²) in [5.74, 6) is 2.10. The molecule has 1 fully saturated rings. The fraction of sp³-hybridized carbons (Fsp3) is 0.571. The smallest absolute Gasteiger partial charge is 0.0658 e. The van der Waals surface area contributed by atoms with Gasteiger partial charge in [-0.05, 0) is 43.7 Å². The molecule has 1 saturated carbocycles. The fourth-order valence-electron chi connectivity index (χ4n) is 2.57. The minimum absolute atomic E-state index is 0.428. The van der Waals surface area contributed by atoms with Crippen LogP contribution in [0.15, 0.2) is 35.2 Å². The Hall–Kier alpha value is -0.470. The summed E-state index contributed by atoms with van der Waals surface area (Å²) in [7, 11) is 0.